The second kappa shape index (κ2) is 8.49. The molecule has 0 spiro atoms. The van der Waals surface area contributed by atoms with Gasteiger partial charge in [0.1, 0.15) is 6.04 Å². The summed E-state index contributed by atoms with van der Waals surface area (Å²) in [6.07, 6.45) is 4.48. The zero-order chi connectivity index (χ0) is 26.6. The number of fused-ring (bicyclic) bond motifs is 3. The molecule has 2 aromatic carbocycles. The summed E-state index contributed by atoms with van der Waals surface area (Å²) in [5.41, 5.74) is 0.255. The molecule has 0 unspecified atom stereocenters. The van der Waals surface area contributed by atoms with Gasteiger partial charge in [0.05, 0.1) is 45.1 Å². The summed E-state index contributed by atoms with van der Waals surface area (Å²) in [5, 5.41) is 31.8. The number of nitriles is 1. The van der Waals surface area contributed by atoms with Crippen molar-refractivity contribution in [2.45, 2.75) is 19.0 Å². The Hall–Kier alpha value is -5.18. The van der Waals surface area contributed by atoms with Crippen molar-refractivity contribution in [3.05, 3.63) is 97.7 Å². The first-order chi connectivity index (χ1) is 17.6. The van der Waals surface area contributed by atoms with Gasteiger partial charge in [-0.1, -0.05) is 12.1 Å². The van der Waals surface area contributed by atoms with E-state index in [4.69, 9.17) is 0 Å². The van der Waals surface area contributed by atoms with Crippen LogP contribution in [0.25, 0.3) is 0 Å². The van der Waals surface area contributed by atoms with E-state index in [1.165, 1.54) is 61.7 Å². The minimum atomic E-state index is -1.16. The monoisotopic (exact) mass is 499 g/mol. The molecule has 2 aromatic rings. The summed E-state index contributed by atoms with van der Waals surface area (Å²) in [4.78, 5) is 64.8. The molecule has 4 atom stereocenters. The number of carbonyl (C=O) groups is 3. The zero-order valence-corrected chi connectivity index (χ0v) is 19.2. The number of ketones is 1. The Kier molecular flexibility index (Phi) is 5.40. The standard InChI is InChI=1S/C25H17N5O7/c1-13-9-17(30(36)37)5-6-18(13)28-24(32)20-19-10-14(12-26)7-8-27(19)22(21(20)25(28)33)23(31)15-3-2-4-16(11-15)29(34)35/h2-11,19-22H,1H3/t19-,20-,21+,22-/m0/s1. The van der Waals surface area contributed by atoms with Gasteiger partial charge in [0.2, 0.25) is 11.8 Å². The van der Waals surface area contributed by atoms with Gasteiger partial charge in [-0.25, -0.2) is 4.90 Å². The largest absolute Gasteiger partial charge is 0.359 e. The van der Waals surface area contributed by atoms with Crippen molar-refractivity contribution in [3.63, 3.8) is 0 Å². The van der Waals surface area contributed by atoms with E-state index in [1.807, 2.05) is 6.07 Å². The van der Waals surface area contributed by atoms with Crippen LogP contribution < -0.4 is 4.90 Å². The highest BCUT2D eigenvalue weighted by Crippen LogP contribution is 2.47. The maximum absolute atomic E-state index is 13.8. The number of imide groups is 1. The number of nitro benzene ring substituents is 2. The highest BCUT2D eigenvalue weighted by Gasteiger charge is 2.63. The number of rotatable bonds is 5. The molecule has 12 heteroatoms. The molecule has 2 amide bonds. The number of Topliss-reactive ketones (excluding diaryl/α,β-unsaturated/α-hetero) is 1. The molecule has 0 radical (unpaired) electrons. The van der Waals surface area contributed by atoms with Gasteiger partial charge in [-0.3, -0.25) is 34.6 Å². The van der Waals surface area contributed by atoms with Crippen molar-refractivity contribution in [2.75, 3.05) is 4.90 Å². The van der Waals surface area contributed by atoms with Crippen LogP contribution in [-0.4, -0.2) is 44.4 Å². The lowest BCUT2D eigenvalue weighted by Crippen LogP contribution is -2.46. The first-order valence-corrected chi connectivity index (χ1v) is 11.1. The number of non-ortho nitro benzene ring substituents is 2. The van der Waals surface area contributed by atoms with E-state index in [2.05, 4.69) is 0 Å². The van der Waals surface area contributed by atoms with Crippen LogP contribution in [0.3, 0.4) is 0 Å². The third-order valence-electron chi connectivity index (χ3n) is 6.92. The molecule has 3 aliphatic rings. The fourth-order valence-corrected chi connectivity index (χ4v) is 5.31. The van der Waals surface area contributed by atoms with Gasteiger partial charge in [-0.15, -0.1) is 0 Å². The third-order valence-corrected chi connectivity index (χ3v) is 6.92. The highest BCUT2D eigenvalue weighted by molar-refractivity contribution is 6.25. The van der Waals surface area contributed by atoms with E-state index < -0.39 is 51.4 Å². The zero-order valence-electron chi connectivity index (χ0n) is 19.2. The van der Waals surface area contributed by atoms with Crippen LogP contribution in [0.4, 0.5) is 17.1 Å². The predicted octanol–water partition coefficient (Wildman–Crippen LogP) is 2.83. The number of nitro groups is 2. The van der Waals surface area contributed by atoms with Gasteiger partial charge in [-0.05, 0) is 30.7 Å². The molecular formula is C25H17N5O7. The van der Waals surface area contributed by atoms with Crippen LogP contribution in [0.5, 0.6) is 0 Å². The number of anilines is 1. The number of carbonyl (C=O) groups excluding carboxylic acids is 3. The quantitative estimate of drug-likeness (QED) is 0.260. The molecule has 0 aromatic heterocycles. The number of allylic oxidation sites excluding steroid dienone is 2. The molecule has 5 rings (SSSR count). The van der Waals surface area contributed by atoms with Crippen LogP contribution in [0, 0.1) is 50.3 Å². The van der Waals surface area contributed by atoms with Crippen molar-refractivity contribution >= 4 is 34.7 Å². The summed E-state index contributed by atoms with van der Waals surface area (Å²) in [7, 11) is 0. The molecule has 0 aliphatic carbocycles. The number of hydrogen-bond donors (Lipinski definition) is 0. The van der Waals surface area contributed by atoms with Gasteiger partial charge in [0.25, 0.3) is 11.4 Å². The number of amides is 2. The second-order valence-electron chi connectivity index (χ2n) is 8.90. The van der Waals surface area contributed by atoms with Crippen LogP contribution in [0.1, 0.15) is 15.9 Å². The van der Waals surface area contributed by atoms with Crippen LogP contribution in [-0.2, 0) is 9.59 Å². The van der Waals surface area contributed by atoms with Gasteiger partial charge < -0.3 is 4.90 Å². The molecular weight excluding hydrogens is 482 g/mol. The van der Waals surface area contributed by atoms with E-state index in [-0.39, 0.29) is 28.2 Å². The maximum atomic E-state index is 13.8. The van der Waals surface area contributed by atoms with E-state index in [1.54, 1.807) is 4.90 Å². The summed E-state index contributed by atoms with van der Waals surface area (Å²) < 4.78 is 0. The minimum Gasteiger partial charge on any atom is -0.359 e. The van der Waals surface area contributed by atoms with Crippen molar-refractivity contribution in [1.82, 2.24) is 4.90 Å². The fourth-order valence-electron chi connectivity index (χ4n) is 5.31. The van der Waals surface area contributed by atoms with Crippen LogP contribution in [0.2, 0.25) is 0 Å². The first kappa shape index (κ1) is 23.6. The SMILES string of the molecule is Cc1cc([N+](=O)[O-])ccc1N1C(=O)[C@@H]2[C@@H](C1=O)[C@@H]1C=C(C#N)C=CN1[C@@H]2C(=O)c1cccc([N+](=O)[O-])c1. The molecule has 2 fully saturated rings. The maximum Gasteiger partial charge on any atom is 0.270 e. The molecule has 12 nitrogen and oxygen atoms in total. The summed E-state index contributed by atoms with van der Waals surface area (Å²) in [5.74, 6) is -3.99. The molecule has 184 valence electrons. The van der Waals surface area contributed by atoms with E-state index in [0.29, 0.717) is 5.56 Å². The van der Waals surface area contributed by atoms with Gasteiger partial charge in [0, 0.05) is 36.0 Å². The van der Waals surface area contributed by atoms with Crippen LogP contribution in [0.15, 0.2) is 66.4 Å². The highest BCUT2D eigenvalue weighted by atomic mass is 16.6. The second-order valence-corrected chi connectivity index (χ2v) is 8.90. The minimum absolute atomic E-state index is 0.00674. The topological polar surface area (TPSA) is 168 Å². The first-order valence-electron chi connectivity index (χ1n) is 11.1. The Morgan fingerprint density at radius 1 is 1.00 bits per heavy atom. The Morgan fingerprint density at radius 3 is 2.32 bits per heavy atom. The predicted molar refractivity (Wildman–Crippen MR) is 127 cm³/mol. The van der Waals surface area contributed by atoms with Crippen LogP contribution >= 0.6 is 0 Å². The lowest BCUT2D eigenvalue weighted by molar-refractivity contribution is -0.385. The Morgan fingerprint density at radius 2 is 1.68 bits per heavy atom. The lowest BCUT2D eigenvalue weighted by Gasteiger charge is -2.32. The molecule has 0 saturated carbocycles. The Balaban J connectivity index is 1.60. The lowest BCUT2D eigenvalue weighted by atomic mass is 9.86. The van der Waals surface area contributed by atoms with Gasteiger partial charge in [0.15, 0.2) is 5.78 Å². The number of nitrogens with zero attached hydrogens (tertiary/aromatic N) is 5. The smallest absolute Gasteiger partial charge is 0.270 e. The molecule has 3 aliphatic heterocycles. The molecule has 2 saturated heterocycles. The average Bonchev–Trinajstić information content (AvgIpc) is 3.35. The molecule has 37 heavy (non-hydrogen) atoms. The summed E-state index contributed by atoms with van der Waals surface area (Å²) in [6.45, 7) is 1.53. The van der Waals surface area contributed by atoms with E-state index >= 15 is 0 Å². The van der Waals surface area contributed by atoms with Crippen molar-refractivity contribution < 1.29 is 24.2 Å². The number of benzene rings is 2. The van der Waals surface area contributed by atoms with Gasteiger partial charge >= 0.3 is 0 Å². The number of hydrogen-bond acceptors (Lipinski definition) is 9. The molecule has 0 bridgehead atoms. The average molecular weight is 499 g/mol. The molecule has 3 heterocycles. The third kappa shape index (κ3) is 3.56. The van der Waals surface area contributed by atoms with Crippen molar-refractivity contribution in [1.29, 1.82) is 5.26 Å². The Labute approximate surface area is 209 Å². The Bertz CT molecular complexity index is 1520. The molecule has 0 N–H and O–H groups in total. The van der Waals surface area contributed by atoms with Crippen molar-refractivity contribution in [3.8, 4) is 6.07 Å². The van der Waals surface area contributed by atoms with Gasteiger partial charge in [-0.2, -0.15) is 5.26 Å². The normalized spacial score (nSPS) is 23.8. The number of aryl methyl sites for hydroxylation is 1. The summed E-state index contributed by atoms with van der Waals surface area (Å²) in [6, 6.07) is 8.94. The summed E-state index contributed by atoms with van der Waals surface area (Å²) >= 11 is 0. The van der Waals surface area contributed by atoms with E-state index in [9.17, 15) is 39.9 Å². The van der Waals surface area contributed by atoms with E-state index in [0.717, 1.165) is 11.0 Å². The van der Waals surface area contributed by atoms with Crippen molar-refractivity contribution in [2.24, 2.45) is 11.8 Å². The fraction of sp³-hybridized carbons (Fsp3) is 0.200.